The van der Waals surface area contributed by atoms with E-state index in [0.29, 0.717) is 11.4 Å². The van der Waals surface area contributed by atoms with Gasteiger partial charge in [0.05, 0.1) is 16.9 Å². The van der Waals surface area contributed by atoms with Gasteiger partial charge in [-0.05, 0) is 57.0 Å². The molecule has 0 unspecified atom stereocenters. The Bertz CT molecular complexity index is 971. The highest BCUT2D eigenvalue weighted by molar-refractivity contribution is 6.05. The first-order chi connectivity index (χ1) is 13.9. The molecule has 7 nitrogen and oxygen atoms in total. The van der Waals surface area contributed by atoms with Crippen molar-refractivity contribution in [3.63, 3.8) is 0 Å². The van der Waals surface area contributed by atoms with Crippen molar-refractivity contribution >= 4 is 34.8 Å². The summed E-state index contributed by atoms with van der Waals surface area (Å²) in [4.78, 5) is 39.2. The van der Waals surface area contributed by atoms with Crippen molar-refractivity contribution in [2.75, 3.05) is 22.1 Å². The zero-order valence-corrected chi connectivity index (χ0v) is 16.4. The summed E-state index contributed by atoms with van der Waals surface area (Å²) in [6.07, 6.45) is 0.842. The summed E-state index contributed by atoms with van der Waals surface area (Å²) in [7, 11) is 0. The van der Waals surface area contributed by atoms with E-state index in [1.165, 1.54) is 6.92 Å². The van der Waals surface area contributed by atoms with Crippen LogP contribution in [0.4, 0.5) is 17.1 Å². The number of amides is 2. The number of esters is 1. The highest BCUT2D eigenvalue weighted by Crippen LogP contribution is 2.37. The lowest BCUT2D eigenvalue weighted by molar-refractivity contribution is -0.123. The molecular formula is C22H23N3O4. The van der Waals surface area contributed by atoms with Crippen LogP contribution >= 0.6 is 0 Å². The fraction of sp³-hybridized carbons (Fsp3) is 0.318. The van der Waals surface area contributed by atoms with Crippen molar-refractivity contribution in [1.82, 2.24) is 0 Å². The Morgan fingerprint density at radius 2 is 1.97 bits per heavy atom. The average Bonchev–Trinajstić information content (AvgIpc) is 3.20. The Kier molecular flexibility index (Phi) is 4.96. The minimum Gasteiger partial charge on any atom is -0.449 e. The molecule has 2 N–H and O–H groups in total. The van der Waals surface area contributed by atoms with Crippen LogP contribution in [-0.4, -0.2) is 36.5 Å². The van der Waals surface area contributed by atoms with Crippen LogP contribution in [0.25, 0.3) is 0 Å². The third kappa shape index (κ3) is 3.81. The maximum Gasteiger partial charge on any atom is 0.338 e. The maximum atomic E-state index is 12.5. The molecule has 1 fully saturated rings. The van der Waals surface area contributed by atoms with Gasteiger partial charge in [0.25, 0.3) is 5.91 Å². The van der Waals surface area contributed by atoms with Gasteiger partial charge in [0, 0.05) is 12.2 Å². The highest BCUT2D eigenvalue weighted by atomic mass is 16.5. The number of fused-ring (bicyclic) bond motifs is 3. The molecule has 0 radical (unpaired) electrons. The molecule has 2 aliphatic rings. The van der Waals surface area contributed by atoms with Crippen molar-refractivity contribution in [1.29, 1.82) is 0 Å². The van der Waals surface area contributed by atoms with Gasteiger partial charge in [-0.1, -0.05) is 17.7 Å². The van der Waals surface area contributed by atoms with Crippen LogP contribution in [0.3, 0.4) is 0 Å². The molecule has 2 amide bonds. The topological polar surface area (TPSA) is 87.7 Å². The summed E-state index contributed by atoms with van der Waals surface area (Å²) in [5.41, 5.74) is 3.52. The second-order valence-electron chi connectivity index (χ2n) is 7.48. The molecule has 0 saturated carbocycles. The van der Waals surface area contributed by atoms with E-state index >= 15 is 0 Å². The summed E-state index contributed by atoms with van der Waals surface area (Å²) in [6, 6.07) is 12.3. The first kappa shape index (κ1) is 19.0. The molecule has 0 aliphatic carbocycles. The molecule has 2 atom stereocenters. The number of hydrogen-bond donors (Lipinski definition) is 2. The molecule has 2 aliphatic heterocycles. The van der Waals surface area contributed by atoms with Gasteiger partial charge in [-0.25, -0.2) is 4.79 Å². The van der Waals surface area contributed by atoms with Crippen molar-refractivity contribution in [3.8, 4) is 0 Å². The maximum absolute atomic E-state index is 12.5. The van der Waals surface area contributed by atoms with Crippen LogP contribution in [0.1, 0.15) is 35.7 Å². The van der Waals surface area contributed by atoms with Crippen molar-refractivity contribution < 1.29 is 19.1 Å². The zero-order chi connectivity index (χ0) is 20.5. The molecule has 0 bridgehead atoms. The number of ether oxygens (including phenoxy) is 1. The second-order valence-corrected chi connectivity index (χ2v) is 7.48. The molecule has 2 aromatic carbocycles. The molecule has 2 aromatic rings. The normalized spacial score (nSPS) is 18.3. The summed E-state index contributed by atoms with van der Waals surface area (Å²) >= 11 is 0. The summed E-state index contributed by atoms with van der Waals surface area (Å²) in [5.74, 6) is -1.07. The van der Waals surface area contributed by atoms with Gasteiger partial charge in [0.2, 0.25) is 5.91 Å². The number of nitrogens with one attached hydrogen (secondary N) is 2. The molecule has 2 heterocycles. The van der Waals surface area contributed by atoms with Gasteiger partial charge in [-0.3, -0.25) is 9.59 Å². The number of benzene rings is 2. The number of hydrogen-bond acceptors (Lipinski definition) is 5. The van der Waals surface area contributed by atoms with Crippen molar-refractivity contribution in [2.24, 2.45) is 0 Å². The van der Waals surface area contributed by atoms with Gasteiger partial charge < -0.3 is 20.3 Å². The lowest BCUT2D eigenvalue weighted by Crippen LogP contribution is -2.43. The van der Waals surface area contributed by atoms with E-state index in [1.807, 2.05) is 25.1 Å². The molecule has 29 heavy (non-hydrogen) atoms. The smallest absolute Gasteiger partial charge is 0.338 e. The quantitative estimate of drug-likeness (QED) is 0.780. The minimum absolute atomic E-state index is 0.0497. The Morgan fingerprint density at radius 3 is 2.72 bits per heavy atom. The fourth-order valence-corrected chi connectivity index (χ4v) is 3.72. The number of carbonyl (C=O) groups is 3. The van der Waals surface area contributed by atoms with Crippen molar-refractivity contribution in [3.05, 3.63) is 53.6 Å². The number of rotatable bonds is 4. The largest absolute Gasteiger partial charge is 0.449 e. The first-order valence-corrected chi connectivity index (χ1v) is 9.72. The van der Waals surface area contributed by atoms with Crippen molar-refractivity contribution in [2.45, 2.75) is 38.8 Å². The predicted octanol–water partition coefficient (Wildman–Crippen LogP) is 3.10. The van der Waals surface area contributed by atoms with E-state index in [0.717, 1.165) is 30.6 Å². The molecular weight excluding hydrogens is 370 g/mol. The van der Waals surface area contributed by atoms with Crippen LogP contribution < -0.4 is 15.5 Å². The lowest BCUT2D eigenvalue weighted by Gasteiger charge is -2.33. The molecule has 0 spiro atoms. The van der Waals surface area contributed by atoms with Gasteiger partial charge >= 0.3 is 5.97 Å². The molecule has 4 rings (SSSR count). The number of nitrogens with zero attached hydrogens (tertiary/aromatic N) is 1. The minimum atomic E-state index is -0.961. The first-order valence-electron chi connectivity index (χ1n) is 9.72. The summed E-state index contributed by atoms with van der Waals surface area (Å²) in [6.45, 7) is 4.31. The van der Waals surface area contributed by atoms with E-state index in [9.17, 15) is 14.4 Å². The Hall–Kier alpha value is -3.35. The number of carbonyl (C=O) groups excluding carboxylic acids is 3. The summed E-state index contributed by atoms with van der Waals surface area (Å²) in [5, 5.41) is 5.60. The fourth-order valence-electron chi connectivity index (χ4n) is 3.72. The molecule has 1 saturated heterocycles. The summed E-state index contributed by atoms with van der Waals surface area (Å²) < 4.78 is 5.32. The van der Waals surface area contributed by atoms with E-state index in [1.54, 1.807) is 24.3 Å². The number of aryl methyl sites for hydroxylation is 1. The van der Waals surface area contributed by atoms with Crippen LogP contribution in [0.15, 0.2) is 42.5 Å². The van der Waals surface area contributed by atoms with Gasteiger partial charge in [-0.2, -0.15) is 0 Å². The predicted molar refractivity (Wildman–Crippen MR) is 110 cm³/mol. The van der Waals surface area contributed by atoms with Crippen LogP contribution in [0, 0.1) is 6.92 Å². The third-order valence-electron chi connectivity index (χ3n) is 5.33. The lowest BCUT2D eigenvalue weighted by atomic mass is 10.1. The van der Waals surface area contributed by atoms with E-state index < -0.39 is 18.0 Å². The molecule has 0 aromatic heterocycles. The van der Waals surface area contributed by atoms with Gasteiger partial charge in [0.1, 0.15) is 6.04 Å². The Morgan fingerprint density at radius 1 is 1.21 bits per heavy atom. The van der Waals surface area contributed by atoms with Gasteiger partial charge in [-0.15, -0.1) is 0 Å². The van der Waals surface area contributed by atoms with E-state index in [2.05, 4.69) is 15.5 Å². The SMILES string of the molecule is Cc1ccc(NC(=O)[C@H](C)OC(=O)c2ccc3c(c2)NC(=O)[C@@H]2CCCN32)cc1. The second kappa shape index (κ2) is 7.58. The van der Waals surface area contributed by atoms with E-state index in [-0.39, 0.29) is 17.5 Å². The number of anilines is 3. The zero-order valence-electron chi connectivity index (χ0n) is 16.4. The Balaban J connectivity index is 1.43. The monoisotopic (exact) mass is 393 g/mol. The molecule has 7 heteroatoms. The van der Waals surface area contributed by atoms with Crippen LogP contribution in [-0.2, 0) is 14.3 Å². The van der Waals surface area contributed by atoms with Gasteiger partial charge in [0.15, 0.2) is 6.10 Å². The van der Waals surface area contributed by atoms with E-state index in [4.69, 9.17) is 4.74 Å². The average molecular weight is 393 g/mol. The van der Waals surface area contributed by atoms with Crippen LogP contribution in [0.2, 0.25) is 0 Å². The van der Waals surface area contributed by atoms with Crippen LogP contribution in [0.5, 0.6) is 0 Å². The standard InChI is InChI=1S/C22H23N3O4/c1-13-5-8-16(9-6-13)23-20(26)14(2)29-22(28)15-7-10-18-17(12-15)24-21(27)19-4-3-11-25(18)19/h5-10,12,14,19H,3-4,11H2,1-2H3,(H,23,26)(H,24,27)/t14-,19-/m0/s1. The molecule has 150 valence electrons. The Labute approximate surface area is 169 Å². The highest BCUT2D eigenvalue weighted by Gasteiger charge is 2.36. The third-order valence-corrected chi connectivity index (χ3v) is 5.33.